The molecule has 1 aliphatic rings. The molecule has 0 unspecified atom stereocenters. The monoisotopic (exact) mass is 334 g/mol. The Balaban J connectivity index is 1.78. The quantitative estimate of drug-likeness (QED) is 0.742. The second-order valence-corrected chi connectivity index (χ2v) is 6.16. The molecule has 1 fully saturated rings. The van der Waals surface area contributed by atoms with Crippen LogP contribution in [0.25, 0.3) is 0 Å². The van der Waals surface area contributed by atoms with Crippen LogP contribution in [0, 0.1) is 0 Å². The van der Waals surface area contributed by atoms with Gasteiger partial charge in [0.1, 0.15) is 0 Å². The van der Waals surface area contributed by atoms with Crippen LogP contribution >= 0.6 is 0 Å². The number of amides is 1. The maximum atomic E-state index is 12.3. The van der Waals surface area contributed by atoms with Crippen molar-refractivity contribution in [2.45, 2.75) is 39.0 Å². The van der Waals surface area contributed by atoms with Crippen molar-refractivity contribution < 1.29 is 14.3 Å². The Morgan fingerprint density at radius 3 is 2.58 bits per heavy atom. The van der Waals surface area contributed by atoms with Crippen molar-refractivity contribution in [1.82, 2.24) is 10.2 Å². The van der Waals surface area contributed by atoms with Gasteiger partial charge in [0.05, 0.1) is 13.7 Å². The lowest BCUT2D eigenvalue weighted by Crippen LogP contribution is -2.30. The molecule has 0 spiro atoms. The Kier molecular flexibility index (Phi) is 7.89. The van der Waals surface area contributed by atoms with Gasteiger partial charge >= 0.3 is 0 Å². The van der Waals surface area contributed by atoms with Crippen LogP contribution in [-0.2, 0) is 0 Å². The molecule has 0 saturated carbocycles. The molecule has 0 aliphatic carbocycles. The molecule has 24 heavy (non-hydrogen) atoms. The molecule has 1 heterocycles. The molecule has 1 N–H and O–H groups in total. The number of nitrogens with one attached hydrogen (secondary N) is 1. The van der Waals surface area contributed by atoms with E-state index in [9.17, 15) is 4.79 Å². The van der Waals surface area contributed by atoms with Crippen LogP contribution in [0.1, 0.15) is 49.4 Å². The highest BCUT2D eigenvalue weighted by atomic mass is 16.5. The molecule has 0 radical (unpaired) electrons. The minimum atomic E-state index is -0.0607. The average molecular weight is 334 g/mol. The summed E-state index contributed by atoms with van der Waals surface area (Å²) in [5, 5.41) is 3.00. The van der Waals surface area contributed by atoms with Crippen molar-refractivity contribution in [2.75, 3.05) is 39.9 Å². The number of methoxy groups -OCH3 is 1. The van der Waals surface area contributed by atoms with Crippen LogP contribution in [0.4, 0.5) is 0 Å². The molecule has 1 aromatic rings. The third kappa shape index (κ3) is 5.71. The van der Waals surface area contributed by atoms with E-state index < -0.39 is 0 Å². The van der Waals surface area contributed by atoms with E-state index in [2.05, 4.69) is 10.2 Å². The Bertz CT molecular complexity index is 511. The smallest absolute Gasteiger partial charge is 0.251 e. The fourth-order valence-electron chi connectivity index (χ4n) is 3.05. The third-order valence-electron chi connectivity index (χ3n) is 4.36. The van der Waals surface area contributed by atoms with Gasteiger partial charge in [-0.05, 0) is 64.0 Å². The first-order valence-corrected chi connectivity index (χ1v) is 9.06. The Morgan fingerprint density at radius 1 is 1.17 bits per heavy atom. The SMILES string of the molecule is CCOc1cc(C(=O)NCCCN2CCCCCC2)ccc1OC. The summed E-state index contributed by atoms with van der Waals surface area (Å²) in [7, 11) is 1.60. The molecule has 1 aliphatic heterocycles. The molecule has 0 bridgehead atoms. The molecule has 134 valence electrons. The molecule has 0 aromatic heterocycles. The Labute approximate surface area is 145 Å². The summed E-state index contributed by atoms with van der Waals surface area (Å²) in [6, 6.07) is 5.29. The van der Waals surface area contributed by atoms with Crippen molar-refractivity contribution in [3.8, 4) is 11.5 Å². The van der Waals surface area contributed by atoms with Gasteiger partial charge in [-0.25, -0.2) is 0 Å². The van der Waals surface area contributed by atoms with E-state index in [1.54, 1.807) is 25.3 Å². The van der Waals surface area contributed by atoms with Gasteiger partial charge in [-0.1, -0.05) is 12.8 Å². The summed E-state index contributed by atoms with van der Waals surface area (Å²) >= 11 is 0. The molecule has 0 atom stereocenters. The number of likely N-dealkylation sites (tertiary alicyclic amines) is 1. The van der Waals surface area contributed by atoms with E-state index in [0.29, 0.717) is 30.2 Å². The van der Waals surface area contributed by atoms with E-state index in [-0.39, 0.29) is 5.91 Å². The first kappa shape index (κ1) is 18.6. The van der Waals surface area contributed by atoms with Crippen LogP contribution in [0.3, 0.4) is 0 Å². The average Bonchev–Trinajstić information content (AvgIpc) is 2.87. The molecule has 1 saturated heterocycles. The van der Waals surface area contributed by atoms with Crippen LogP contribution in [0.15, 0.2) is 18.2 Å². The maximum absolute atomic E-state index is 12.3. The highest BCUT2D eigenvalue weighted by molar-refractivity contribution is 5.94. The summed E-state index contributed by atoms with van der Waals surface area (Å²) in [6.45, 7) is 6.61. The van der Waals surface area contributed by atoms with Crippen LogP contribution < -0.4 is 14.8 Å². The summed E-state index contributed by atoms with van der Waals surface area (Å²) in [4.78, 5) is 14.8. The summed E-state index contributed by atoms with van der Waals surface area (Å²) < 4.78 is 10.8. The molecule has 2 rings (SSSR count). The van der Waals surface area contributed by atoms with E-state index in [1.807, 2.05) is 6.92 Å². The highest BCUT2D eigenvalue weighted by Crippen LogP contribution is 2.27. The van der Waals surface area contributed by atoms with Gasteiger partial charge < -0.3 is 19.7 Å². The number of nitrogens with zero attached hydrogens (tertiary/aromatic N) is 1. The van der Waals surface area contributed by atoms with Gasteiger partial charge in [-0.15, -0.1) is 0 Å². The number of carbonyl (C=O) groups excluding carboxylic acids is 1. The van der Waals surface area contributed by atoms with Gasteiger partial charge in [0.2, 0.25) is 0 Å². The van der Waals surface area contributed by atoms with Crippen LogP contribution in [0.2, 0.25) is 0 Å². The lowest BCUT2D eigenvalue weighted by Gasteiger charge is -2.19. The second kappa shape index (κ2) is 10.2. The number of benzene rings is 1. The number of carbonyl (C=O) groups is 1. The van der Waals surface area contributed by atoms with Crippen molar-refractivity contribution in [2.24, 2.45) is 0 Å². The van der Waals surface area contributed by atoms with Gasteiger partial charge in [-0.3, -0.25) is 4.79 Å². The second-order valence-electron chi connectivity index (χ2n) is 6.16. The molecule has 1 aromatic carbocycles. The fourth-order valence-corrected chi connectivity index (χ4v) is 3.05. The molecule has 5 nitrogen and oxygen atoms in total. The van der Waals surface area contributed by atoms with Gasteiger partial charge in [0, 0.05) is 12.1 Å². The van der Waals surface area contributed by atoms with Gasteiger partial charge in [0.15, 0.2) is 11.5 Å². The predicted molar refractivity (Wildman–Crippen MR) is 96.0 cm³/mol. The fraction of sp³-hybridized carbons (Fsp3) is 0.632. The van der Waals surface area contributed by atoms with E-state index in [0.717, 1.165) is 13.0 Å². The van der Waals surface area contributed by atoms with Crippen molar-refractivity contribution >= 4 is 5.91 Å². The molecule has 5 heteroatoms. The normalized spacial score (nSPS) is 15.6. The Hall–Kier alpha value is -1.75. The minimum absolute atomic E-state index is 0.0607. The van der Waals surface area contributed by atoms with E-state index in [1.165, 1.54) is 38.8 Å². The third-order valence-corrected chi connectivity index (χ3v) is 4.36. The molecular weight excluding hydrogens is 304 g/mol. The summed E-state index contributed by atoms with van der Waals surface area (Å²) in [5.41, 5.74) is 0.606. The van der Waals surface area contributed by atoms with Crippen molar-refractivity contribution in [3.05, 3.63) is 23.8 Å². The lowest BCUT2D eigenvalue weighted by molar-refractivity contribution is 0.0951. The number of hydrogen-bond donors (Lipinski definition) is 1. The topological polar surface area (TPSA) is 50.8 Å². The maximum Gasteiger partial charge on any atom is 0.251 e. The standard InChI is InChI=1S/C19H30N2O3/c1-3-24-18-15-16(9-10-17(18)23-2)19(22)20-11-8-14-21-12-6-4-5-7-13-21/h9-10,15H,3-8,11-14H2,1-2H3,(H,20,22). The Morgan fingerprint density at radius 2 is 1.92 bits per heavy atom. The molecule has 1 amide bonds. The number of rotatable bonds is 8. The van der Waals surface area contributed by atoms with Gasteiger partial charge in [0.25, 0.3) is 5.91 Å². The highest BCUT2D eigenvalue weighted by Gasteiger charge is 2.12. The molecular formula is C19H30N2O3. The first-order valence-electron chi connectivity index (χ1n) is 9.06. The lowest BCUT2D eigenvalue weighted by atomic mass is 10.2. The first-order chi connectivity index (χ1) is 11.7. The van der Waals surface area contributed by atoms with Crippen molar-refractivity contribution in [1.29, 1.82) is 0 Å². The minimum Gasteiger partial charge on any atom is -0.493 e. The number of ether oxygens (including phenoxy) is 2. The van der Waals surface area contributed by atoms with Crippen LogP contribution in [-0.4, -0.2) is 50.7 Å². The van der Waals surface area contributed by atoms with Gasteiger partial charge in [-0.2, -0.15) is 0 Å². The van der Waals surface area contributed by atoms with Crippen molar-refractivity contribution in [3.63, 3.8) is 0 Å². The zero-order chi connectivity index (χ0) is 17.2. The number of hydrogen-bond acceptors (Lipinski definition) is 4. The van der Waals surface area contributed by atoms with E-state index in [4.69, 9.17) is 9.47 Å². The van der Waals surface area contributed by atoms with E-state index >= 15 is 0 Å². The predicted octanol–water partition coefficient (Wildman–Crippen LogP) is 3.09. The zero-order valence-electron chi connectivity index (χ0n) is 15.0. The summed E-state index contributed by atoms with van der Waals surface area (Å²) in [6.07, 6.45) is 6.30. The largest absolute Gasteiger partial charge is 0.493 e. The zero-order valence-corrected chi connectivity index (χ0v) is 15.0. The summed E-state index contributed by atoms with van der Waals surface area (Å²) in [5.74, 6) is 1.20. The van der Waals surface area contributed by atoms with Crippen LogP contribution in [0.5, 0.6) is 11.5 Å².